The van der Waals surface area contributed by atoms with E-state index >= 15 is 0 Å². The molecule has 0 radical (unpaired) electrons. The first-order valence-corrected chi connectivity index (χ1v) is 26.1. The number of benzene rings is 12. The van der Waals surface area contributed by atoms with Crippen LogP contribution in [0.4, 0.5) is 11.4 Å². The molecule has 0 aliphatic carbocycles. The van der Waals surface area contributed by atoms with Crippen molar-refractivity contribution in [2.75, 3.05) is 9.80 Å². The van der Waals surface area contributed by atoms with Gasteiger partial charge in [0.25, 0.3) is 23.6 Å². The number of imide groups is 2. The zero-order valence-electron chi connectivity index (χ0n) is 42.7. The molecule has 4 amide bonds. The number of hydrogen-bond acceptors (Lipinski definition) is 4. The second kappa shape index (κ2) is 15.5. The van der Waals surface area contributed by atoms with Crippen LogP contribution in [0.15, 0.2) is 146 Å². The van der Waals surface area contributed by atoms with E-state index in [0.29, 0.717) is 33.6 Å². The first-order valence-electron chi connectivity index (χ1n) is 26.1. The van der Waals surface area contributed by atoms with Gasteiger partial charge in [0.15, 0.2) is 0 Å². The number of amides is 4. The maximum atomic E-state index is 14.9. The predicted octanol–water partition coefficient (Wildman–Crippen LogP) is 17.5. The topological polar surface area (TPSA) is 74.8 Å². The largest absolute Gasteiger partial charge is 0.268 e. The van der Waals surface area contributed by atoms with Crippen LogP contribution >= 0.6 is 0 Å². The molecular weight excluding hydrogens is 909 g/mol. The lowest BCUT2D eigenvalue weighted by Crippen LogP contribution is -2.41. The van der Waals surface area contributed by atoms with Crippen LogP contribution in [0.2, 0.25) is 0 Å². The zero-order valence-corrected chi connectivity index (χ0v) is 42.7. The van der Waals surface area contributed by atoms with E-state index in [1.807, 2.05) is 60.7 Å². The molecule has 74 heavy (non-hydrogen) atoms. The average Bonchev–Trinajstić information content (AvgIpc) is 3.49. The Morgan fingerprint density at radius 1 is 0.243 bits per heavy atom. The lowest BCUT2D eigenvalue weighted by molar-refractivity contribution is 0.0877. The third-order valence-electron chi connectivity index (χ3n) is 16.7. The smallest absolute Gasteiger partial charge is 0.266 e. The van der Waals surface area contributed by atoms with Gasteiger partial charge in [-0.2, -0.15) is 0 Å². The molecule has 2 aliphatic heterocycles. The minimum Gasteiger partial charge on any atom is -0.268 e. The van der Waals surface area contributed by atoms with Crippen molar-refractivity contribution in [1.82, 2.24) is 0 Å². The molecule has 12 aromatic rings. The second-order valence-electron chi connectivity index (χ2n) is 22.0. The fourth-order valence-electron chi connectivity index (χ4n) is 13.4. The number of hydrogen-bond donors (Lipinski definition) is 0. The number of carbonyl (C=O) groups excluding carboxylic acids is 4. The van der Waals surface area contributed by atoms with Crippen molar-refractivity contribution < 1.29 is 19.2 Å². The molecule has 0 unspecified atom stereocenters. The van der Waals surface area contributed by atoms with E-state index in [9.17, 15) is 19.2 Å². The Bertz CT molecular complexity index is 4050. The quantitative estimate of drug-likeness (QED) is 0.0906. The van der Waals surface area contributed by atoms with Crippen molar-refractivity contribution in [3.8, 4) is 11.1 Å². The molecule has 0 N–H and O–H groups in total. The molecule has 0 atom stereocenters. The summed E-state index contributed by atoms with van der Waals surface area (Å²) in [5, 5.41) is 16.1. The molecule has 358 valence electrons. The summed E-state index contributed by atoms with van der Waals surface area (Å²) in [5.74, 6) is -0.724. The van der Waals surface area contributed by atoms with Gasteiger partial charge < -0.3 is 0 Å². The highest BCUT2D eigenvalue weighted by Gasteiger charge is 2.40. The highest BCUT2D eigenvalue weighted by molar-refractivity contribution is 6.45. The molecule has 6 heteroatoms. The standard InChI is InChI=1S/C68H52N2O4/c1-33(2)37-13-9-14-38(34(3)4)63(37)69-65(71)53-29-25-49-45-19-11-17-43-41(21-23-47(57(43)45)51-27-31-55(67(69)73)61(53)59(49)51)42-22-24-48-52-28-32-56-62-54(30-26-50(60(52)62)46-20-12-18-44(42)58(46)48)66(72)70(68(56)74)64-39(35(5)6)15-10-16-40(64)36(7)8/h9-36H,1-8H3. The fraction of sp³-hybridized carbons (Fsp3) is 0.176. The van der Waals surface area contributed by atoms with Gasteiger partial charge in [0.1, 0.15) is 0 Å². The zero-order chi connectivity index (χ0) is 50.9. The van der Waals surface area contributed by atoms with Crippen molar-refractivity contribution >= 4 is 121 Å². The number of fused-ring (bicyclic) bond motifs is 4. The maximum absolute atomic E-state index is 14.9. The van der Waals surface area contributed by atoms with Gasteiger partial charge in [-0.3, -0.25) is 19.2 Å². The van der Waals surface area contributed by atoms with Gasteiger partial charge in [-0.1, -0.05) is 177 Å². The van der Waals surface area contributed by atoms with Gasteiger partial charge >= 0.3 is 0 Å². The van der Waals surface area contributed by atoms with Gasteiger partial charge in [0, 0.05) is 33.0 Å². The third-order valence-corrected chi connectivity index (χ3v) is 16.7. The summed E-state index contributed by atoms with van der Waals surface area (Å²) in [4.78, 5) is 62.5. The summed E-state index contributed by atoms with van der Waals surface area (Å²) in [6.45, 7) is 16.9. The lowest BCUT2D eigenvalue weighted by Gasteiger charge is -2.33. The van der Waals surface area contributed by atoms with Crippen LogP contribution in [0.1, 0.15) is 143 Å². The number of carbonyl (C=O) groups is 4. The van der Waals surface area contributed by atoms with E-state index in [2.05, 4.69) is 140 Å². The normalized spacial score (nSPS) is 14.2. The van der Waals surface area contributed by atoms with Crippen molar-refractivity contribution in [3.63, 3.8) is 0 Å². The number of nitrogens with zero attached hydrogens (tertiary/aromatic N) is 2. The van der Waals surface area contributed by atoms with Gasteiger partial charge in [0.05, 0.1) is 11.4 Å². The summed E-state index contributed by atoms with van der Waals surface area (Å²) in [6, 6.07) is 50.2. The molecule has 0 saturated heterocycles. The van der Waals surface area contributed by atoms with Crippen LogP contribution in [-0.4, -0.2) is 23.6 Å². The summed E-state index contributed by atoms with van der Waals surface area (Å²) >= 11 is 0. The Balaban J connectivity index is 0.940. The lowest BCUT2D eigenvalue weighted by atomic mass is 9.81. The van der Waals surface area contributed by atoms with Crippen LogP contribution in [0.3, 0.4) is 0 Å². The maximum Gasteiger partial charge on any atom is 0.266 e. The first kappa shape index (κ1) is 44.2. The van der Waals surface area contributed by atoms with Crippen LogP contribution in [0, 0.1) is 0 Å². The molecule has 2 aliphatic rings. The van der Waals surface area contributed by atoms with E-state index in [1.54, 1.807) is 0 Å². The minimum absolute atomic E-state index is 0.108. The minimum atomic E-state index is -0.288. The number of anilines is 2. The summed E-state index contributed by atoms with van der Waals surface area (Å²) in [7, 11) is 0. The SMILES string of the molecule is CC(C)c1cccc(C(C)C)c1N1C(=O)c2ccc3c4cccc5c(-c6ccc7c8ccc9c%10c(ccc(c%11cccc6c%117)c%108)C(=O)N(c6c(C(C)C)cccc6C(C)C)C9=O)ccc(c6ccc(c2c36)C1=O)c54. The highest BCUT2D eigenvalue weighted by atomic mass is 16.2. The van der Waals surface area contributed by atoms with Crippen LogP contribution in [0.25, 0.3) is 97.3 Å². The molecule has 0 saturated carbocycles. The number of para-hydroxylation sites is 2. The monoisotopic (exact) mass is 960 g/mol. The first-order chi connectivity index (χ1) is 35.8. The third kappa shape index (κ3) is 5.66. The fourth-order valence-corrected chi connectivity index (χ4v) is 13.4. The Morgan fingerprint density at radius 2 is 0.473 bits per heavy atom. The molecule has 0 bridgehead atoms. The molecule has 0 aromatic heterocycles. The molecule has 0 fully saturated rings. The van der Waals surface area contributed by atoms with E-state index < -0.39 is 0 Å². The van der Waals surface area contributed by atoms with Gasteiger partial charge in [-0.05, 0) is 157 Å². The van der Waals surface area contributed by atoms with Gasteiger partial charge in [0.2, 0.25) is 0 Å². The summed E-state index contributed by atoms with van der Waals surface area (Å²) in [6.07, 6.45) is 0. The van der Waals surface area contributed by atoms with E-state index in [-0.39, 0.29) is 47.3 Å². The van der Waals surface area contributed by atoms with Crippen LogP contribution in [-0.2, 0) is 0 Å². The van der Waals surface area contributed by atoms with Crippen molar-refractivity contribution in [2.45, 2.75) is 79.1 Å². The van der Waals surface area contributed by atoms with Crippen LogP contribution in [0.5, 0.6) is 0 Å². The molecule has 2 heterocycles. The van der Waals surface area contributed by atoms with E-state index in [0.717, 1.165) is 120 Å². The molecule has 14 rings (SSSR count). The number of rotatable bonds is 7. The second-order valence-corrected chi connectivity index (χ2v) is 22.0. The molecule has 12 aromatic carbocycles. The average molecular weight is 961 g/mol. The Labute approximate surface area is 428 Å². The highest BCUT2D eigenvalue weighted by Crippen LogP contribution is 2.51. The van der Waals surface area contributed by atoms with Crippen molar-refractivity contribution in [3.05, 3.63) is 190 Å². The molecule has 0 spiro atoms. The van der Waals surface area contributed by atoms with Crippen LogP contribution < -0.4 is 9.80 Å². The Morgan fingerprint density at radius 3 is 0.757 bits per heavy atom. The van der Waals surface area contributed by atoms with Crippen molar-refractivity contribution in [1.29, 1.82) is 0 Å². The van der Waals surface area contributed by atoms with Gasteiger partial charge in [-0.15, -0.1) is 0 Å². The van der Waals surface area contributed by atoms with E-state index in [1.165, 1.54) is 9.80 Å². The molecular formula is C68H52N2O4. The van der Waals surface area contributed by atoms with Crippen molar-refractivity contribution in [2.24, 2.45) is 0 Å². The summed E-state index contributed by atoms with van der Waals surface area (Å²) in [5.41, 5.74) is 9.71. The Hall–Kier alpha value is -8.48. The van der Waals surface area contributed by atoms with Gasteiger partial charge in [-0.25, -0.2) is 9.80 Å². The Kier molecular flexibility index (Phi) is 9.28. The van der Waals surface area contributed by atoms with E-state index in [4.69, 9.17) is 0 Å². The summed E-state index contributed by atoms with van der Waals surface area (Å²) < 4.78 is 0. The predicted molar refractivity (Wildman–Crippen MR) is 306 cm³/mol. The molecule has 6 nitrogen and oxygen atoms in total.